The predicted octanol–water partition coefficient (Wildman–Crippen LogP) is 2.98. The molecule has 140 valence electrons. The standard InChI is InChI=1S/C18H16BrN3O5/c1-22-16(18(24)25)15(19)13(21-22)9-20-17(23)14-8-7-12(27-14)10-26-11-5-3-2-4-6-11/h2-8H,9-10H2,1H3,(H,20,23)(H,24,25). The van der Waals surface area contributed by atoms with Crippen LogP contribution in [0.4, 0.5) is 0 Å². The van der Waals surface area contributed by atoms with Crippen LogP contribution in [0.1, 0.15) is 32.5 Å². The number of aromatic carboxylic acids is 1. The van der Waals surface area contributed by atoms with Crippen molar-refractivity contribution in [3.05, 3.63) is 69.8 Å². The van der Waals surface area contributed by atoms with Gasteiger partial charge in [-0.25, -0.2) is 4.79 Å². The van der Waals surface area contributed by atoms with Crippen molar-refractivity contribution in [1.82, 2.24) is 15.1 Å². The maximum atomic E-state index is 12.2. The van der Waals surface area contributed by atoms with Gasteiger partial charge in [-0.15, -0.1) is 0 Å². The van der Waals surface area contributed by atoms with E-state index in [4.69, 9.17) is 14.3 Å². The van der Waals surface area contributed by atoms with Crippen LogP contribution in [0.2, 0.25) is 0 Å². The first-order valence-corrected chi connectivity index (χ1v) is 8.74. The Morgan fingerprint density at radius 2 is 2.00 bits per heavy atom. The summed E-state index contributed by atoms with van der Waals surface area (Å²) in [6, 6.07) is 12.5. The molecular formula is C18H16BrN3O5. The van der Waals surface area contributed by atoms with Gasteiger partial charge in [-0.2, -0.15) is 5.10 Å². The summed E-state index contributed by atoms with van der Waals surface area (Å²) in [6.07, 6.45) is 0. The van der Waals surface area contributed by atoms with Gasteiger partial charge < -0.3 is 19.6 Å². The van der Waals surface area contributed by atoms with Crippen LogP contribution in [-0.2, 0) is 20.2 Å². The summed E-state index contributed by atoms with van der Waals surface area (Å²) in [4.78, 5) is 23.4. The van der Waals surface area contributed by atoms with Crippen LogP contribution >= 0.6 is 15.9 Å². The topological polar surface area (TPSA) is 107 Å². The fraction of sp³-hybridized carbons (Fsp3) is 0.167. The highest BCUT2D eigenvalue weighted by Gasteiger charge is 2.20. The minimum atomic E-state index is -1.11. The zero-order valence-electron chi connectivity index (χ0n) is 14.3. The van der Waals surface area contributed by atoms with E-state index in [1.54, 1.807) is 12.1 Å². The normalized spacial score (nSPS) is 10.6. The Balaban J connectivity index is 1.58. The number of rotatable bonds is 7. The highest BCUT2D eigenvalue weighted by atomic mass is 79.9. The minimum Gasteiger partial charge on any atom is -0.486 e. The minimum absolute atomic E-state index is 0.0117. The molecular weight excluding hydrogens is 418 g/mol. The highest BCUT2D eigenvalue weighted by Crippen LogP contribution is 2.21. The lowest BCUT2D eigenvalue weighted by Crippen LogP contribution is -2.22. The predicted molar refractivity (Wildman–Crippen MR) is 98.5 cm³/mol. The number of para-hydroxylation sites is 1. The van der Waals surface area contributed by atoms with Gasteiger partial charge in [0.2, 0.25) is 0 Å². The number of carboxylic acid groups (broad SMARTS) is 1. The lowest BCUT2D eigenvalue weighted by Gasteiger charge is -2.03. The fourth-order valence-electron chi connectivity index (χ4n) is 2.40. The van der Waals surface area contributed by atoms with E-state index < -0.39 is 11.9 Å². The summed E-state index contributed by atoms with van der Waals surface area (Å²) in [5.74, 6) is -0.198. The molecule has 9 heteroatoms. The van der Waals surface area contributed by atoms with Gasteiger partial charge in [0.05, 0.1) is 16.7 Å². The molecule has 0 radical (unpaired) electrons. The molecule has 3 aromatic rings. The molecule has 2 aromatic heterocycles. The summed E-state index contributed by atoms with van der Waals surface area (Å²) in [5, 5.41) is 15.9. The van der Waals surface area contributed by atoms with E-state index in [0.29, 0.717) is 21.7 Å². The van der Waals surface area contributed by atoms with Crippen LogP contribution in [0.25, 0.3) is 0 Å². The Kier molecular flexibility index (Phi) is 5.60. The van der Waals surface area contributed by atoms with Gasteiger partial charge in [0, 0.05) is 7.05 Å². The average molecular weight is 434 g/mol. The number of aryl methyl sites for hydroxylation is 1. The summed E-state index contributed by atoms with van der Waals surface area (Å²) < 4.78 is 12.6. The van der Waals surface area contributed by atoms with Gasteiger partial charge in [-0.05, 0) is 40.2 Å². The van der Waals surface area contributed by atoms with Crippen LogP contribution in [-0.4, -0.2) is 26.8 Å². The number of furan rings is 1. The molecule has 0 saturated heterocycles. The van der Waals surface area contributed by atoms with Crippen LogP contribution in [0.3, 0.4) is 0 Å². The maximum absolute atomic E-state index is 12.2. The van der Waals surface area contributed by atoms with Gasteiger partial charge in [-0.1, -0.05) is 18.2 Å². The summed E-state index contributed by atoms with van der Waals surface area (Å²) in [5.41, 5.74) is 0.417. The summed E-state index contributed by atoms with van der Waals surface area (Å²) >= 11 is 3.20. The molecule has 1 amide bonds. The fourth-order valence-corrected chi connectivity index (χ4v) is 3.04. The number of ether oxygens (including phenoxy) is 1. The zero-order chi connectivity index (χ0) is 19.4. The molecule has 2 heterocycles. The third kappa shape index (κ3) is 4.37. The number of carbonyl (C=O) groups is 2. The molecule has 0 aliphatic heterocycles. The maximum Gasteiger partial charge on any atom is 0.355 e. The molecule has 0 atom stereocenters. The average Bonchev–Trinajstić information content (AvgIpc) is 3.23. The van der Waals surface area contributed by atoms with E-state index in [1.165, 1.54) is 11.7 Å². The second-order valence-electron chi connectivity index (χ2n) is 5.59. The number of aromatic nitrogens is 2. The van der Waals surface area contributed by atoms with Crippen molar-refractivity contribution >= 4 is 27.8 Å². The number of nitrogens with zero attached hydrogens (tertiary/aromatic N) is 2. The van der Waals surface area contributed by atoms with Gasteiger partial charge in [0.1, 0.15) is 18.1 Å². The Morgan fingerprint density at radius 1 is 1.26 bits per heavy atom. The van der Waals surface area contributed by atoms with Crippen molar-refractivity contribution in [2.75, 3.05) is 0 Å². The Labute approximate surface area is 162 Å². The lowest BCUT2D eigenvalue weighted by molar-refractivity contribution is 0.0683. The number of nitrogens with one attached hydrogen (secondary N) is 1. The second-order valence-corrected chi connectivity index (χ2v) is 6.38. The number of benzene rings is 1. The first-order chi connectivity index (χ1) is 13.0. The monoisotopic (exact) mass is 433 g/mol. The number of carboxylic acids is 1. The third-order valence-corrected chi connectivity index (χ3v) is 4.52. The highest BCUT2D eigenvalue weighted by molar-refractivity contribution is 9.10. The SMILES string of the molecule is Cn1nc(CNC(=O)c2ccc(COc3ccccc3)o2)c(Br)c1C(=O)O. The number of hydrogen-bond donors (Lipinski definition) is 2. The van der Waals surface area contributed by atoms with Gasteiger partial charge in [0.15, 0.2) is 11.5 Å². The van der Waals surface area contributed by atoms with Crippen molar-refractivity contribution in [2.45, 2.75) is 13.2 Å². The zero-order valence-corrected chi connectivity index (χ0v) is 15.9. The van der Waals surface area contributed by atoms with Gasteiger partial charge in [0.25, 0.3) is 5.91 Å². The van der Waals surface area contributed by atoms with E-state index in [9.17, 15) is 9.59 Å². The first-order valence-electron chi connectivity index (χ1n) is 7.95. The molecule has 0 saturated carbocycles. The number of carbonyl (C=O) groups excluding carboxylic acids is 1. The number of hydrogen-bond acceptors (Lipinski definition) is 5. The summed E-state index contributed by atoms with van der Waals surface area (Å²) in [7, 11) is 1.52. The number of halogens is 1. The molecule has 3 rings (SSSR count). The molecule has 1 aromatic carbocycles. The molecule has 0 aliphatic carbocycles. The molecule has 0 bridgehead atoms. The van der Waals surface area contributed by atoms with Gasteiger partial charge >= 0.3 is 5.97 Å². The largest absolute Gasteiger partial charge is 0.486 e. The molecule has 2 N–H and O–H groups in total. The van der Waals surface area contributed by atoms with E-state index in [0.717, 1.165) is 0 Å². The molecule has 27 heavy (non-hydrogen) atoms. The van der Waals surface area contributed by atoms with Gasteiger partial charge in [-0.3, -0.25) is 9.48 Å². The summed E-state index contributed by atoms with van der Waals surface area (Å²) in [6.45, 7) is 0.252. The number of amides is 1. The Hall–Kier alpha value is -3.07. The van der Waals surface area contributed by atoms with E-state index >= 15 is 0 Å². The van der Waals surface area contributed by atoms with Crippen LogP contribution < -0.4 is 10.1 Å². The van der Waals surface area contributed by atoms with E-state index in [1.807, 2.05) is 30.3 Å². The van der Waals surface area contributed by atoms with Crippen LogP contribution in [0, 0.1) is 0 Å². The van der Waals surface area contributed by atoms with Crippen LogP contribution in [0.15, 0.2) is 51.4 Å². The quantitative estimate of drug-likeness (QED) is 0.592. The van der Waals surface area contributed by atoms with Crippen molar-refractivity contribution in [3.8, 4) is 5.75 Å². The van der Waals surface area contributed by atoms with Crippen LogP contribution in [0.5, 0.6) is 5.75 Å². The molecule has 8 nitrogen and oxygen atoms in total. The Bertz CT molecular complexity index is 965. The third-order valence-electron chi connectivity index (χ3n) is 3.68. The molecule has 0 spiro atoms. The van der Waals surface area contributed by atoms with Crippen molar-refractivity contribution in [2.24, 2.45) is 7.05 Å². The van der Waals surface area contributed by atoms with E-state index in [-0.39, 0.29) is 24.6 Å². The lowest BCUT2D eigenvalue weighted by atomic mass is 10.3. The molecule has 0 fully saturated rings. The Morgan fingerprint density at radius 3 is 2.67 bits per heavy atom. The van der Waals surface area contributed by atoms with E-state index in [2.05, 4.69) is 26.3 Å². The van der Waals surface area contributed by atoms with Crippen molar-refractivity contribution < 1.29 is 23.8 Å². The van der Waals surface area contributed by atoms with Crippen molar-refractivity contribution in [1.29, 1.82) is 0 Å². The van der Waals surface area contributed by atoms with Crippen molar-refractivity contribution in [3.63, 3.8) is 0 Å². The molecule has 0 unspecified atom stereocenters. The first kappa shape index (κ1) is 18.7. The molecule has 0 aliphatic rings. The second kappa shape index (κ2) is 8.09. The smallest absolute Gasteiger partial charge is 0.355 e.